The number of benzene rings is 1. The molecule has 1 heterocycles. The molecule has 0 radical (unpaired) electrons. The van der Waals surface area contributed by atoms with Crippen LogP contribution in [0.15, 0.2) is 24.3 Å². The normalized spacial score (nSPS) is 21.2. The van der Waals surface area contributed by atoms with Crippen LogP contribution in [-0.4, -0.2) is 12.8 Å². The van der Waals surface area contributed by atoms with Gasteiger partial charge in [0.1, 0.15) is 12.0 Å². The van der Waals surface area contributed by atoms with E-state index in [9.17, 15) is 13.2 Å². The molecule has 2 rings (SSSR count). The summed E-state index contributed by atoms with van der Waals surface area (Å²) in [6.45, 7) is 0.851. The maximum Gasteiger partial charge on any atom is 0.416 e. The van der Waals surface area contributed by atoms with Crippen LogP contribution in [0.1, 0.15) is 24.8 Å². The van der Waals surface area contributed by atoms with E-state index in [1.165, 1.54) is 6.07 Å². The molecule has 1 aliphatic heterocycles. The second-order valence-corrected chi connectivity index (χ2v) is 4.08. The molecule has 5 heteroatoms. The highest BCUT2D eigenvalue weighted by molar-refractivity contribution is 5.30. The number of nitrogens with one attached hydrogen (secondary N) is 1. The fourth-order valence-electron chi connectivity index (χ4n) is 1.83. The highest BCUT2D eigenvalue weighted by atomic mass is 19.4. The van der Waals surface area contributed by atoms with E-state index >= 15 is 0 Å². The van der Waals surface area contributed by atoms with Crippen molar-refractivity contribution in [2.24, 2.45) is 0 Å². The first-order valence-electron chi connectivity index (χ1n) is 5.63. The van der Waals surface area contributed by atoms with Crippen molar-refractivity contribution in [3.8, 4) is 5.75 Å². The van der Waals surface area contributed by atoms with Gasteiger partial charge in [0.2, 0.25) is 0 Å². The summed E-state index contributed by atoms with van der Waals surface area (Å²) < 4.78 is 42.9. The van der Waals surface area contributed by atoms with Crippen molar-refractivity contribution < 1.29 is 17.9 Å². The molecule has 1 fully saturated rings. The predicted octanol–water partition coefficient (Wildman–Crippen LogP) is 3.18. The van der Waals surface area contributed by atoms with E-state index in [1.807, 2.05) is 0 Å². The third-order valence-corrected chi connectivity index (χ3v) is 2.70. The first-order valence-corrected chi connectivity index (χ1v) is 5.63. The first kappa shape index (κ1) is 12.2. The number of piperidine rings is 1. The van der Waals surface area contributed by atoms with E-state index < -0.39 is 11.7 Å². The summed E-state index contributed by atoms with van der Waals surface area (Å²) in [4.78, 5) is 0. The van der Waals surface area contributed by atoms with Crippen LogP contribution >= 0.6 is 0 Å². The standard InChI is InChI=1S/C12H14F3NO/c13-12(14,15)9-4-3-5-10(8-9)17-11-6-1-2-7-16-11/h3-5,8,11,16H,1-2,6-7H2. The number of rotatable bonds is 2. The van der Waals surface area contributed by atoms with Crippen LogP contribution < -0.4 is 10.1 Å². The van der Waals surface area contributed by atoms with Crippen molar-refractivity contribution in [3.63, 3.8) is 0 Å². The third kappa shape index (κ3) is 3.36. The van der Waals surface area contributed by atoms with Crippen molar-refractivity contribution in [1.82, 2.24) is 5.32 Å². The number of ether oxygens (including phenoxy) is 1. The van der Waals surface area contributed by atoms with Crippen LogP contribution in [0.2, 0.25) is 0 Å². The average molecular weight is 245 g/mol. The molecule has 0 spiro atoms. The summed E-state index contributed by atoms with van der Waals surface area (Å²) in [6, 6.07) is 4.99. The van der Waals surface area contributed by atoms with Gasteiger partial charge in [-0.2, -0.15) is 13.2 Å². The molecule has 0 amide bonds. The zero-order valence-electron chi connectivity index (χ0n) is 9.26. The smallest absolute Gasteiger partial charge is 0.416 e. The zero-order chi connectivity index (χ0) is 12.3. The average Bonchev–Trinajstić information content (AvgIpc) is 2.29. The maximum absolute atomic E-state index is 12.5. The molecule has 1 unspecified atom stereocenters. The van der Waals surface area contributed by atoms with Gasteiger partial charge in [0.15, 0.2) is 0 Å². The highest BCUT2D eigenvalue weighted by Crippen LogP contribution is 2.31. The lowest BCUT2D eigenvalue weighted by Crippen LogP contribution is -2.38. The molecule has 17 heavy (non-hydrogen) atoms. The minimum Gasteiger partial charge on any atom is -0.475 e. The molecule has 1 N–H and O–H groups in total. The lowest BCUT2D eigenvalue weighted by atomic mass is 10.1. The minimum atomic E-state index is -4.32. The minimum absolute atomic E-state index is 0.174. The molecule has 0 aliphatic carbocycles. The van der Waals surface area contributed by atoms with Crippen LogP contribution in [0, 0.1) is 0 Å². The molecule has 2 nitrogen and oxygen atoms in total. The van der Waals surface area contributed by atoms with Crippen molar-refractivity contribution >= 4 is 0 Å². The van der Waals surface area contributed by atoms with E-state index in [4.69, 9.17) is 4.74 Å². The molecule has 1 aromatic rings. The van der Waals surface area contributed by atoms with Crippen LogP contribution in [0.25, 0.3) is 0 Å². The quantitative estimate of drug-likeness (QED) is 0.864. The van der Waals surface area contributed by atoms with Gasteiger partial charge in [-0.3, -0.25) is 5.32 Å². The van der Waals surface area contributed by atoms with E-state index in [0.717, 1.165) is 37.9 Å². The van der Waals surface area contributed by atoms with Crippen molar-refractivity contribution in [3.05, 3.63) is 29.8 Å². The summed E-state index contributed by atoms with van der Waals surface area (Å²) in [7, 11) is 0. The molecule has 1 aromatic carbocycles. The monoisotopic (exact) mass is 245 g/mol. The van der Waals surface area contributed by atoms with Gasteiger partial charge in [0.25, 0.3) is 0 Å². The summed E-state index contributed by atoms with van der Waals surface area (Å²) in [5.41, 5.74) is -0.675. The Balaban J connectivity index is 2.05. The fourth-order valence-corrected chi connectivity index (χ4v) is 1.83. The van der Waals surface area contributed by atoms with Gasteiger partial charge in [-0.05, 0) is 44.0 Å². The van der Waals surface area contributed by atoms with Crippen LogP contribution in [0.5, 0.6) is 5.75 Å². The molecular weight excluding hydrogens is 231 g/mol. The lowest BCUT2D eigenvalue weighted by Gasteiger charge is -2.24. The van der Waals surface area contributed by atoms with Gasteiger partial charge in [-0.15, -0.1) is 0 Å². The van der Waals surface area contributed by atoms with Gasteiger partial charge in [-0.1, -0.05) is 6.07 Å². The van der Waals surface area contributed by atoms with E-state index in [0.29, 0.717) is 0 Å². The molecule has 0 aromatic heterocycles. The Morgan fingerprint density at radius 1 is 1.24 bits per heavy atom. The van der Waals surface area contributed by atoms with Gasteiger partial charge < -0.3 is 4.74 Å². The maximum atomic E-state index is 12.5. The van der Waals surface area contributed by atoms with Gasteiger partial charge in [-0.25, -0.2) is 0 Å². The summed E-state index contributed by atoms with van der Waals surface area (Å²) in [5.74, 6) is 0.263. The Labute approximate surface area is 97.8 Å². The Hall–Kier alpha value is -1.23. The third-order valence-electron chi connectivity index (χ3n) is 2.70. The van der Waals surface area contributed by atoms with Crippen LogP contribution in [0.4, 0.5) is 13.2 Å². The molecule has 1 atom stereocenters. The van der Waals surface area contributed by atoms with Gasteiger partial charge in [0, 0.05) is 0 Å². The largest absolute Gasteiger partial charge is 0.475 e. The van der Waals surface area contributed by atoms with Gasteiger partial charge >= 0.3 is 6.18 Å². The Bertz CT molecular complexity index is 372. The summed E-state index contributed by atoms with van der Waals surface area (Å²) in [6.07, 6.45) is -1.54. The predicted molar refractivity (Wildman–Crippen MR) is 57.7 cm³/mol. The first-order chi connectivity index (χ1) is 8.05. The van der Waals surface area contributed by atoms with E-state index in [2.05, 4.69) is 5.32 Å². The fraction of sp³-hybridized carbons (Fsp3) is 0.500. The summed E-state index contributed by atoms with van der Waals surface area (Å²) >= 11 is 0. The number of hydrogen-bond donors (Lipinski definition) is 1. The highest BCUT2D eigenvalue weighted by Gasteiger charge is 2.30. The van der Waals surface area contributed by atoms with Crippen LogP contribution in [0.3, 0.4) is 0 Å². The number of halogens is 3. The molecule has 94 valence electrons. The van der Waals surface area contributed by atoms with Crippen molar-refractivity contribution in [2.45, 2.75) is 31.7 Å². The topological polar surface area (TPSA) is 21.3 Å². The Kier molecular flexibility index (Phi) is 3.57. The molecule has 0 saturated carbocycles. The molecule has 0 bridgehead atoms. The van der Waals surface area contributed by atoms with Crippen LogP contribution in [-0.2, 0) is 6.18 Å². The van der Waals surface area contributed by atoms with Crippen molar-refractivity contribution in [1.29, 1.82) is 0 Å². The molecule has 1 saturated heterocycles. The number of hydrogen-bond acceptors (Lipinski definition) is 2. The van der Waals surface area contributed by atoms with Gasteiger partial charge in [0.05, 0.1) is 5.56 Å². The number of alkyl halides is 3. The molecular formula is C12H14F3NO. The Morgan fingerprint density at radius 2 is 2.06 bits per heavy atom. The lowest BCUT2D eigenvalue weighted by molar-refractivity contribution is -0.137. The van der Waals surface area contributed by atoms with E-state index in [-0.39, 0.29) is 12.0 Å². The SMILES string of the molecule is FC(F)(F)c1cccc(OC2CCCCN2)c1. The molecule has 1 aliphatic rings. The summed E-state index contributed by atoms with van der Waals surface area (Å²) in [5, 5.41) is 3.12. The van der Waals surface area contributed by atoms with E-state index in [1.54, 1.807) is 6.07 Å². The second-order valence-electron chi connectivity index (χ2n) is 4.08. The van der Waals surface area contributed by atoms with Crippen molar-refractivity contribution in [2.75, 3.05) is 6.54 Å². The Morgan fingerprint density at radius 3 is 2.71 bits per heavy atom. The zero-order valence-corrected chi connectivity index (χ0v) is 9.26. The second kappa shape index (κ2) is 4.96.